The minimum atomic E-state index is 0.0860. The third kappa shape index (κ3) is 3.64. The number of carbonyl (C=O) groups excluding carboxylic acids is 1. The Labute approximate surface area is 145 Å². The van der Waals surface area contributed by atoms with E-state index in [0.29, 0.717) is 37.8 Å². The first kappa shape index (κ1) is 17.0. The lowest BCUT2D eigenvalue weighted by Crippen LogP contribution is -2.37. The van der Waals surface area contributed by atoms with Crippen molar-refractivity contribution in [3.63, 3.8) is 0 Å². The average molecular weight is 350 g/mol. The van der Waals surface area contributed by atoms with Gasteiger partial charge in [0.2, 0.25) is 5.89 Å². The molecule has 1 fully saturated rings. The molecule has 8 heteroatoms. The number of hydrogen-bond donors (Lipinski definition) is 0. The number of methoxy groups -OCH3 is 1. The van der Waals surface area contributed by atoms with E-state index >= 15 is 0 Å². The zero-order valence-electron chi connectivity index (χ0n) is 14.2. The van der Waals surface area contributed by atoms with Crippen LogP contribution in [0, 0.1) is 13.8 Å². The summed E-state index contributed by atoms with van der Waals surface area (Å²) < 4.78 is 10.4. The molecule has 0 spiro atoms. The number of rotatable bonds is 5. The van der Waals surface area contributed by atoms with E-state index in [4.69, 9.17) is 9.26 Å². The van der Waals surface area contributed by atoms with Crippen LogP contribution in [0.2, 0.25) is 0 Å². The molecule has 7 nitrogen and oxygen atoms in total. The van der Waals surface area contributed by atoms with Gasteiger partial charge in [0, 0.05) is 32.5 Å². The predicted molar refractivity (Wildman–Crippen MR) is 89.3 cm³/mol. The monoisotopic (exact) mass is 350 g/mol. The molecule has 1 aliphatic rings. The van der Waals surface area contributed by atoms with Crippen molar-refractivity contribution in [3.05, 3.63) is 27.3 Å². The molecule has 1 saturated heterocycles. The van der Waals surface area contributed by atoms with E-state index in [1.807, 2.05) is 18.7 Å². The van der Waals surface area contributed by atoms with Crippen molar-refractivity contribution >= 4 is 17.2 Å². The second-order valence-corrected chi connectivity index (χ2v) is 7.21. The Bertz CT molecular complexity index is 704. The van der Waals surface area contributed by atoms with Crippen molar-refractivity contribution in [1.82, 2.24) is 20.0 Å². The molecule has 0 unspecified atom stereocenters. The molecule has 0 saturated carbocycles. The second kappa shape index (κ2) is 7.40. The van der Waals surface area contributed by atoms with E-state index in [0.717, 1.165) is 28.4 Å². The van der Waals surface area contributed by atoms with Crippen LogP contribution in [0.5, 0.6) is 0 Å². The van der Waals surface area contributed by atoms with E-state index in [1.165, 1.54) is 11.3 Å². The molecule has 3 rings (SSSR count). The fraction of sp³-hybridized carbons (Fsp3) is 0.625. The van der Waals surface area contributed by atoms with Crippen LogP contribution in [0.15, 0.2) is 4.52 Å². The summed E-state index contributed by atoms with van der Waals surface area (Å²) in [7, 11) is 1.65. The minimum Gasteiger partial charge on any atom is -0.384 e. The van der Waals surface area contributed by atoms with Gasteiger partial charge in [0.25, 0.3) is 5.91 Å². The highest BCUT2D eigenvalue weighted by molar-refractivity contribution is 7.13. The summed E-state index contributed by atoms with van der Waals surface area (Å²) in [6.45, 7) is 5.81. The quantitative estimate of drug-likeness (QED) is 0.823. The van der Waals surface area contributed by atoms with Crippen LogP contribution in [0.25, 0.3) is 0 Å². The number of aryl methyl sites for hydroxylation is 2. The van der Waals surface area contributed by atoms with E-state index in [1.54, 1.807) is 7.11 Å². The molecule has 0 bridgehead atoms. The maximum absolute atomic E-state index is 12.6. The maximum atomic E-state index is 12.6. The van der Waals surface area contributed by atoms with Crippen LogP contribution in [-0.4, -0.2) is 52.7 Å². The van der Waals surface area contributed by atoms with Crippen molar-refractivity contribution in [2.24, 2.45) is 0 Å². The van der Waals surface area contributed by atoms with Gasteiger partial charge in [0.05, 0.1) is 17.3 Å². The van der Waals surface area contributed by atoms with Gasteiger partial charge in [0.1, 0.15) is 4.88 Å². The highest BCUT2D eigenvalue weighted by atomic mass is 32.1. The van der Waals surface area contributed by atoms with Crippen molar-refractivity contribution in [2.45, 2.75) is 39.0 Å². The summed E-state index contributed by atoms with van der Waals surface area (Å²) in [5.74, 6) is 1.67. The number of ether oxygens (including phenoxy) is 1. The molecule has 1 amide bonds. The lowest BCUT2D eigenvalue weighted by molar-refractivity contribution is 0.0708. The van der Waals surface area contributed by atoms with Gasteiger partial charge in [-0.25, -0.2) is 4.98 Å². The van der Waals surface area contributed by atoms with Crippen molar-refractivity contribution < 1.29 is 14.1 Å². The van der Waals surface area contributed by atoms with Gasteiger partial charge >= 0.3 is 0 Å². The molecular weight excluding hydrogens is 328 g/mol. The highest BCUT2D eigenvalue weighted by Gasteiger charge is 2.29. The van der Waals surface area contributed by atoms with Gasteiger partial charge in [-0.1, -0.05) is 5.16 Å². The van der Waals surface area contributed by atoms with Crippen molar-refractivity contribution in [2.75, 3.05) is 26.8 Å². The Hall–Kier alpha value is -1.80. The van der Waals surface area contributed by atoms with Crippen molar-refractivity contribution in [3.8, 4) is 0 Å². The molecule has 1 aliphatic heterocycles. The van der Waals surface area contributed by atoms with E-state index in [-0.39, 0.29) is 11.8 Å². The normalized spacial score (nSPS) is 15.9. The number of hydrogen-bond acceptors (Lipinski definition) is 7. The van der Waals surface area contributed by atoms with Crippen LogP contribution in [0.3, 0.4) is 0 Å². The van der Waals surface area contributed by atoms with Crippen LogP contribution >= 0.6 is 11.3 Å². The number of aromatic nitrogens is 3. The zero-order valence-corrected chi connectivity index (χ0v) is 15.1. The Kier molecular flexibility index (Phi) is 5.25. The van der Waals surface area contributed by atoms with E-state index < -0.39 is 0 Å². The zero-order chi connectivity index (χ0) is 17.1. The predicted octanol–water partition coefficient (Wildman–Crippen LogP) is 2.35. The fourth-order valence-electron chi connectivity index (χ4n) is 2.93. The Morgan fingerprint density at radius 3 is 2.71 bits per heavy atom. The molecular formula is C16H22N4O3S. The Balaban J connectivity index is 1.58. The highest BCUT2D eigenvalue weighted by Crippen LogP contribution is 2.29. The lowest BCUT2D eigenvalue weighted by atomic mass is 9.96. The third-order valence-electron chi connectivity index (χ3n) is 4.24. The van der Waals surface area contributed by atoms with Crippen LogP contribution < -0.4 is 0 Å². The first-order valence-corrected chi connectivity index (χ1v) is 8.95. The summed E-state index contributed by atoms with van der Waals surface area (Å²) in [6, 6.07) is 0. The van der Waals surface area contributed by atoms with E-state index in [2.05, 4.69) is 15.1 Å². The molecule has 2 aromatic heterocycles. The molecule has 0 atom stereocenters. The number of nitrogens with zero attached hydrogens (tertiary/aromatic N) is 4. The molecule has 0 N–H and O–H groups in total. The lowest BCUT2D eigenvalue weighted by Gasteiger charge is -2.30. The number of piperidine rings is 1. The summed E-state index contributed by atoms with van der Waals surface area (Å²) >= 11 is 1.47. The average Bonchev–Trinajstić information content (AvgIpc) is 3.18. The fourth-order valence-corrected chi connectivity index (χ4v) is 3.82. The molecule has 0 aliphatic carbocycles. The van der Waals surface area contributed by atoms with Crippen molar-refractivity contribution in [1.29, 1.82) is 0 Å². The topological polar surface area (TPSA) is 81.4 Å². The Morgan fingerprint density at radius 2 is 2.08 bits per heavy atom. The largest absolute Gasteiger partial charge is 0.384 e. The van der Waals surface area contributed by atoms with Crippen LogP contribution in [-0.2, 0) is 11.2 Å². The minimum absolute atomic E-state index is 0.0860. The molecule has 3 heterocycles. The summed E-state index contributed by atoms with van der Waals surface area (Å²) in [5.41, 5.74) is 0.823. The molecule has 0 aromatic carbocycles. The summed E-state index contributed by atoms with van der Waals surface area (Å²) in [5, 5.41) is 4.92. The van der Waals surface area contributed by atoms with Gasteiger partial charge in [-0.15, -0.1) is 11.3 Å². The maximum Gasteiger partial charge on any atom is 0.265 e. The summed E-state index contributed by atoms with van der Waals surface area (Å²) in [6.07, 6.45) is 2.34. The third-order valence-corrected chi connectivity index (χ3v) is 5.30. The van der Waals surface area contributed by atoms with Gasteiger partial charge in [-0.3, -0.25) is 4.79 Å². The Morgan fingerprint density at radius 1 is 1.33 bits per heavy atom. The SMILES string of the molecule is COCCc1noc(C2CCN(C(=O)c3sc(C)nc3C)CC2)n1. The first-order valence-electron chi connectivity index (χ1n) is 8.13. The molecule has 2 aromatic rings. The van der Waals surface area contributed by atoms with Gasteiger partial charge in [-0.2, -0.15) is 4.98 Å². The first-order chi connectivity index (χ1) is 11.6. The van der Waals surface area contributed by atoms with E-state index in [9.17, 15) is 4.79 Å². The van der Waals surface area contributed by atoms with Gasteiger partial charge < -0.3 is 14.2 Å². The van der Waals surface area contributed by atoms with Gasteiger partial charge in [-0.05, 0) is 26.7 Å². The van der Waals surface area contributed by atoms with Crippen LogP contribution in [0.1, 0.15) is 50.8 Å². The van der Waals surface area contributed by atoms with Crippen LogP contribution in [0.4, 0.5) is 0 Å². The smallest absolute Gasteiger partial charge is 0.265 e. The van der Waals surface area contributed by atoms with Gasteiger partial charge in [0.15, 0.2) is 5.82 Å². The standard InChI is InChI=1S/C16H22N4O3S/c1-10-14(24-11(2)17-10)16(21)20-7-4-12(5-8-20)15-18-13(19-23-15)6-9-22-3/h12H,4-9H2,1-3H3. The number of carbonyl (C=O) groups is 1. The number of amides is 1. The number of thiazole rings is 1. The molecule has 130 valence electrons. The summed E-state index contributed by atoms with van der Waals surface area (Å²) in [4.78, 5) is 24.1. The molecule has 24 heavy (non-hydrogen) atoms. The number of likely N-dealkylation sites (tertiary alicyclic amines) is 1. The molecule has 0 radical (unpaired) electrons. The second-order valence-electron chi connectivity index (χ2n) is 6.01.